The Bertz CT molecular complexity index is 930. The third-order valence-corrected chi connectivity index (χ3v) is 3.89. The molecule has 25 heavy (non-hydrogen) atoms. The van der Waals surface area contributed by atoms with Crippen molar-refractivity contribution in [3.63, 3.8) is 0 Å². The van der Waals surface area contributed by atoms with Gasteiger partial charge in [-0.25, -0.2) is 0 Å². The molecule has 1 aliphatic rings. The SMILES string of the molecule is CC(=O)C1C(=O)c2ccccc2/C1=N/N=C/c1ccc([N+](=O)[O-])cc1. The number of ketones is 2. The van der Waals surface area contributed by atoms with E-state index in [1.807, 2.05) is 0 Å². The first-order valence-electron chi connectivity index (χ1n) is 7.48. The van der Waals surface area contributed by atoms with Crippen molar-refractivity contribution < 1.29 is 14.5 Å². The van der Waals surface area contributed by atoms with Gasteiger partial charge in [-0.15, -0.1) is 0 Å². The number of carbonyl (C=O) groups excluding carboxylic acids is 2. The zero-order chi connectivity index (χ0) is 18.0. The second-order valence-corrected chi connectivity index (χ2v) is 5.53. The number of hydrogen-bond acceptors (Lipinski definition) is 6. The molecule has 0 bridgehead atoms. The molecule has 124 valence electrons. The van der Waals surface area contributed by atoms with E-state index < -0.39 is 10.8 Å². The fourth-order valence-electron chi connectivity index (χ4n) is 2.69. The molecule has 2 aromatic carbocycles. The molecule has 7 nitrogen and oxygen atoms in total. The normalized spacial score (nSPS) is 17.9. The van der Waals surface area contributed by atoms with E-state index in [1.54, 1.807) is 24.3 Å². The van der Waals surface area contributed by atoms with Crippen LogP contribution in [0.25, 0.3) is 0 Å². The number of nitro groups is 1. The zero-order valence-electron chi connectivity index (χ0n) is 13.2. The van der Waals surface area contributed by atoms with Crippen molar-refractivity contribution in [2.45, 2.75) is 6.92 Å². The minimum atomic E-state index is -0.939. The summed E-state index contributed by atoms with van der Waals surface area (Å²) in [7, 11) is 0. The average Bonchev–Trinajstić information content (AvgIpc) is 2.88. The first-order valence-corrected chi connectivity index (χ1v) is 7.48. The molecule has 0 saturated carbocycles. The van der Waals surface area contributed by atoms with Gasteiger partial charge in [-0.2, -0.15) is 10.2 Å². The van der Waals surface area contributed by atoms with E-state index in [4.69, 9.17) is 0 Å². The molecule has 1 aliphatic carbocycles. The van der Waals surface area contributed by atoms with Crippen LogP contribution in [-0.4, -0.2) is 28.4 Å². The van der Waals surface area contributed by atoms with Gasteiger partial charge in [-0.3, -0.25) is 19.7 Å². The van der Waals surface area contributed by atoms with Crippen LogP contribution in [0.4, 0.5) is 5.69 Å². The number of hydrogen-bond donors (Lipinski definition) is 0. The summed E-state index contributed by atoms with van der Waals surface area (Å²) >= 11 is 0. The van der Waals surface area contributed by atoms with Crippen LogP contribution in [-0.2, 0) is 4.79 Å². The number of rotatable bonds is 4. The summed E-state index contributed by atoms with van der Waals surface area (Å²) in [5, 5.41) is 18.7. The van der Waals surface area contributed by atoms with E-state index in [-0.39, 0.29) is 17.3 Å². The number of non-ortho nitro benzene ring substituents is 1. The molecule has 0 N–H and O–H groups in total. The monoisotopic (exact) mass is 335 g/mol. The molecule has 0 radical (unpaired) electrons. The predicted octanol–water partition coefficient (Wildman–Crippen LogP) is 2.82. The first kappa shape index (κ1) is 16.4. The average molecular weight is 335 g/mol. The Kier molecular flexibility index (Phi) is 4.30. The number of Topliss-reactive ketones (excluding diaryl/α,β-unsaturated/α-hetero) is 2. The molecule has 7 heteroatoms. The van der Waals surface area contributed by atoms with Gasteiger partial charge in [0.15, 0.2) is 5.78 Å². The molecular weight excluding hydrogens is 322 g/mol. The Balaban J connectivity index is 1.92. The van der Waals surface area contributed by atoms with Gasteiger partial charge in [-0.1, -0.05) is 24.3 Å². The van der Waals surface area contributed by atoms with E-state index in [1.165, 1.54) is 37.4 Å². The van der Waals surface area contributed by atoms with Gasteiger partial charge in [0.1, 0.15) is 11.7 Å². The summed E-state index contributed by atoms with van der Waals surface area (Å²) in [6.45, 7) is 1.35. The van der Waals surface area contributed by atoms with E-state index in [0.29, 0.717) is 22.4 Å². The molecule has 0 fully saturated rings. The zero-order valence-corrected chi connectivity index (χ0v) is 13.2. The number of nitro benzene ring substituents is 1. The lowest BCUT2D eigenvalue weighted by Crippen LogP contribution is -2.23. The van der Waals surface area contributed by atoms with Crippen LogP contribution >= 0.6 is 0 Å². The van der Waals surface area contributed by atoms with E-state index in [0.717, 1.165) is 0 Å². The van der Waals surface area contributed by atoms with Gasteiger partial charge in [-0.05, 0) is 24.6 Å². The molecule has 0 amide bonds. The predicted molar refractivity (Wildman–Crippen MR) is 92.2 cm³/mol. The molecule has 2 aromatic rings. The fourth-order valence-corrected chi connectivity index (χ4v) is 2.69. The maximum Gasteiger partial charge on any atom is 0.269 e. The summed E-state index contributed by atoms with van der Waals surface area (Å²) in [4.78, 5) is 34.4. The molecular formula is C18H13N3O4. The van der Waals surface area contributed by atoms with Gasteiger partial charge in [0.05, 0.1) is 16.8 Å². The Morgan fingerprint density at radius 1 is 1.12 bits per heavy atom. The number of carbonyl (C=O) groups is 2. The van der Waals surface area contributed by atoms with Gasteiger partial charge in [0, 0.05) is 23.3 Å². The van der Waals surface area contributed by atoms with E-state index in [2.05, 4.69) is 10.2 Å². The highest BCUT2D eigenvalue weighted by Gasteiger charge is 2.39. The maximum atomic E-state index is 12.4. The molecule has 0 aliphatic heterocycles. The van der Waals surface area contributed by atoms with Crippen molar-refractivity contribution in [3.05, 3.63) is 75.3 Å². The highest BCUT2D eigenvalue weighted by atomic mass is 16.6. The summed E-state index contributed by atoms with van der Waals surface area (Å²) in [5.74, 6) is -1.50. The first-order chi connectivity index (χ1) is 12.0. The molecule has 3 rings (SSSR count). The largest absolute Gasteiger partial charge is 0.299 e. The van der Waals surface area contributed by atoms with E-state index >= 15 is 0 Å². The molecule has 0 spiro atoms. The van der Waals surface area contributed by atoms with E-state index in [9.17, 15) is 19.7 Å². The minimum absolute atomic E-state index is 0.0181. The highest BCUT2D eigenvalue weighted by Crippen LogP contribution is 2.28. The van der Waals surface area contributed by atoms with Crippen molar-refractivity contribution >= 4 is 29.2 Å². The topological polar surface area (TPSA) is 102 Å². The van der Waals surface area contributed by atoms with Crippen LogP contribution in [0.3, 0.4) is 0 Å². The third-order valence-electron chi connectivity index (χ3n) is 3.89. The molecule has 1 atom stereocenters. The number of nitrogens with zero attached hydrogens (tertiary/aromatic N) is 3. The third kappa shape index (κ3) is 3.12. The lowest BCUT2D eigenvalue weighted by molar-refractivity contribution is -0.384. The lowest BCUT2D eigenvalue weighted by atomic mass is 9.99. The van der Waals surface area contributed by atoms with Crippen molar-refractivity contribution in [1.82, 2.24) is 0 Å². The Morgan fingerprint density at radius 2 is 1.76 bits per heavy atom. The quantitative estimate of drug-likeness (QED) is 0.371. The van der Waals surface area contributed by atoms with Crippen LogP contribution in [0.2, 0.25) is 0 Å². The van der Waals surface area contributed by atoms with Crippen molar-refractivity contribution in [1.29, 1.82) is 0 Å². The Morgan fingerprint density at radius 3 is 2.36 bits per heavy atom. The van der Waals surface area contributed by atoms with Crippen molar-refractivity contribution in [3.8, 4) is 0 Å². The summed E-state index contributed by atoms with van der Waals surface area (Å²) in [6.07, 6.45) is 1.42. The van der Waals surface area contributed by atoms with Crippen LogP contribution < -0.4 is 0 Å². The number of fused-ring (bicyclic) bond motifs is 1. The molecule has 0 heterocycles. The summed E-state index contributed by atoms with van der Waals surface area (Å²) in [6, 6.07) is 12.7. The van der Waals surface area contributed by atoms with Crippen LogP contribution in [0.5, 0.6) is 0 Å². The minimum Gasteiger partial charge on any atom is -0.299 e. The fraction of sp³-hybridized carbons (Fsp3) is 0.111. The van der Waals surface area contributed by atoms with Crippen LogP contribution in [0, 0.1) is 16.0 Å². The Hall–Kier alpha value is -3.48. The van der Waals surface area contributed by atoms with Crippen LogP contribution in [0.1, 0.15) is 28.4 Å². The maximum absolute atomic E-state index is 12.4. The molecule has 1 unspecified atom stereocenters. The van der Waals surface area contributed by atoms with Crippen molar-refractivity contribution in [2.24, 2.45) is 16.1 Å². The smallest absolute Gasteiger partial charge is 0.269 e. The second kappa shape index (κ2) is 6.56. The highest BCUT2D eigenvalue weighted by molar-refractivity contribution is 6.36. The van der Waals surface area contributed by atoms with Crippen molar-refractivity contribution in [2.75, 3.05) is 0 Å². The van der Waals surface area contributed by atoms with Gasteiger partial charge < -0.3 is 0 Å². The summed E-state index contributed by atoms with van der Waals surface area (Å²) < 4.78 is 0. The molecule has 0 aromatic heterocycles. The Labute approximate surface area is 142 Å². The second-order valence-electron chi connectivity index (χ2n) is 5.53. The van der Waals surface area contributed by atoms with Crippen LogP contribution in [0.15, 0.2) is 58.7 Å². The summed E-state index contributed by atoms with van der Waals surface area (Å²) in [5.41, 5.74) is 1.99. The van der Waals surface area contributed by atoms with Gasteiger partial charge in [0.25, 0.3) is 5.69 Å². The lowest BCUT2D eigenvalue weighted by Gasteiger charge is -2.03. The standard InChI is InChI=1S/C18H13N3O4/c1-11(22)16-17(14-4-2-3-5-15(14)18(16)23)20-19-10-12-6-8-13(9-7-12)21(24)25/h2-10,16H,1H3/b19-10+,20-17-. The van der Waals surface area contributed by atoms with Gasteiger partial charge >= 0.3 is 0 Å². The number of benzene rings is 2. The van der Waals surface area contributed by atoms with Gasteiger partial charge in [0.2, 0.25) is 0 Å². The molecule has 0 saturated heterocycles.